The molecule has 0 radical (unpaired) electrons. The van der Waals surface area contributed by atoms with E-state index in [1.165, 1.54) is 4.90 Å². The number of aromatic nitrogens is 3. The van der Waals surface area contributed by atoms with Crippen LogP contribution >= 0.6 is 11.8 Å². The topological polar surface area (TPSA) is 42.7 Å². The van der Waals surface area contributed by atoms with Gasteiger partial charge in [-0.25, -0.2) is 0 Å². The predicted molar refractivity (Wildman–Crippen MR) is 68.9 cm³/mol. The van der Waals surface area contributed by atoms with Gasteiger partial charge in [-0.15, -0.1) is 22.0 Å². The Labute approximate surface area is 104 Å². The maximum Gasteiger partial charge on any atom is 0.164 e. The van der Waals surface area contributed by atoms with Crippen LogP contribution in [0, 0.1) is 0 Å². The van der Waals surface area contributed by atoms with Gasteiger partial charge in [0.2, 0.25) is 0 Å². The fraction of sp³-hybridized carbons (Fsp3) is 0.333. The largest absolute Gasteiger partial charge is 0.309 e. The monoisotopic (exact) mass is 246 g/mol. The number of rotatable bonds is 2. The van der Waals surface area contributed by atoms with Gasteiger partial charge in [-0.2, -0.15) is 0 Å². The molecule has 1 aromatic heterocycles. The molecule has 0 amide bonds. The first-order chi connectivity index (χ1) is 8.38. The summed E-state index contributed by atoms with van der Waals surface area (Å²) in [7, 11) is 0. The van der Waals surface area contributed by atoms with Gasteiger partial charge >= 0.3 is 0 Å². The van der Waals surface area contributed by atoms with Crippen LogP contribution in [0.3, 0.4) is 0 Å². The minimum Gasteiger partial charge on any atom is -0.309 e. The Balaban J connectivity index is 2.00. The summed E-state index contributed by atoms with van der Waals surface area (Å²) >= 11 is 1.75. The number of hydrogen-bond donors (Lipinski definition) is 1. The van der Waals surface area contributed by atoms with Gasteiger partial charge in [0.1, 0.15) is 5.82 Å². The SMILES string of the molecule is CSc1ccc(-c2nnc3n2CCNC3)cc1. The van der Waals surface area contributed by atoms with Crippen molar-refractivity contribution in [2.24, 2.45) is 0 Å². The van der Waals surface area contributed by atoms with Crippen molar-refractivity contribution in [3.8, 4) is 11.4 Å². The maximum absolute atomic E-state index is 4.29. The van der Waals surface area contributed by atoms with Crippen LogP contribution < -0.4 is 5.32 Å². The molecular weight excluding hydrogens is 232 g/mol. The lowest BCUT2D eigenvalue weighted by molar-refractivity contribution is 0.508. The normalized spacial score (nSPS) is 14.6. The van der Waals surface area contributed by atoms with E-state index in [9.17, 15) is 0 Å². The Morgan fingerprint density at radius 1 is 1.24 bits per heavy atom. The number of hydrogen-bond acceptors (Lipinski definition) is 4. The molecule has 1 aromatic carbocycles. The first kappa shape index (κ1) is 10.8. The number of nitrogens with zero attached hydrogens (tertiary/aromatic N) is 3. The van der Waals surface area contributed by atoms with Gasteiger partial charge in [-0.1, -0.05) is 12.1 Å². The lowest BCUT2D eigenvalue weighted by atomic mass is 10.2. The second kappa shape index (κ2) is 4.50. The molecule has 0 spiro atoms. The molecular formula is C12H14N4S. The molecule has 5 heteroatoms. The molecule has 3 rings (SSSR count). The van der Waals surface area contributed by atoms with Crippen LogP contribution in [0.4, 0.5) is 0 Å². The molecule has 2 aromatic rings. The summed E-state index contributed by atoms with van der Waals surface area (Å²) in [6, 6.07) is 8.49. The first-order valence-corrected chi connectivity index (χ1v) is 6.88. The fourth-order valence-electron chi connectivity index (χ4n) is 2.05. The van der Waals surface area contributed by atoms with Crippen LogP contribution in [0.5, 0.6) is 0 Å². The molecule has 0 saturated heterocycles. The maximum atomic E-state index is 4.29. The zero-order valence-electron chi connectivity index (χ0n) is 9.68. The highest BCUT2D eigenvalue weighted by Crippen LogP contribution is 2.22. The molecule has 4 nitrogen and oxygen atoms in total. The van der Waals surface area contributed by atoms with Gasteiger partial charge in [0.25, 0.3) is 0 Å². The summed E-state index contributed by atoms with van der Waals surface area (Å²) in [5.41, 5.74) is 1.14. The minimum absolute atomic E-state index is 0.815. The van der Waals surface area contributed by atoms with Gasteiger partial charge in [0.05, 0.1) is 6.54 Å². The molecule has 0 fully saturated rings. The van der Waals surface area contributed by atoms with Crippen LogP contribution in [-0.2, 0) is 13.1 Å². The van der Waals surface area contributed by atoms with Crippen molar-refractivity contribution in [1.29, 1.82) is 0 Å². The highest BCUT2D eigenvalue weighted by atomic mass is 32.2. The second-order valence-electron chi connectivity index (χ2n) is 4.00. The highest BCUT2D eigenvalue weighted by molar-refractivity contribution is 7.98. The van der Waals surface area contributed by atoms with Crippen molar-refractivity contribution in [2.75, 3.05) is 12.8 Å². The van der Waals surface area contributed by atoms with Crippen molar-refractivity contribution in [1.82, 2.24) is 20.1 Å². The van der Waals surface area contributed by atoms with Crippen LogP contribution in [0.2, 0.25) is 0 Å². The zero-order chi connectivity index (χ0) is 11.7. The van der Waals surface area contributed by atoms with Crippen molar-refractivity contribution < 1.29 is 0 Å². The van der Waals surface area contributed by atoms with Gasteiger partial charge in [-0.3, -0.25) is 0 Å². The van der Waals surface area contributed by atoms with E-state index in [0.29, 0.717) is 0 Å². The summed E-state index contributed by atoms with van der Waals surface area (Å²) < 4.78 is 2.20. The van der Waals surface area contributed by atoms with Gasteiger partial charge in [-0.05, 0) is 18.4 Å². The molecule has 17 heavy (non-hydrogen) atoms. The predicted octanol–water partition coefficient (Wildman–Crippen LogP) is 1.77. The van der Waals surface area contributed by atoms with E-state index in [-0.39, 0.29) is 0 Å². The third kappa shape index (κ3) is 1.96. The molecule has 1 aliphatic heterocycles. The Hall–Kier alpha value is -1.33. The molecule has 0 atom stereocenters. The second-order valence-corrected chi connectivity index (χ2v) is 4.88. The van der Waals surface area contributed by atoms with E-state index >= 15 is 0 Å². The van der Waals surface area contributed by atoms with Crippen molar-refractivity contribution in [2.45, 2.75) is 18.0 Å². The minimum atomic E-state index is 0.815. The fourth-order valence-corrected chi connectivity index (χ4v) is 2.45. The van der Waals surface area contributed by atoms with Crippen LogP contribution in [0.15, 0.2) is 29.2 Å². The van der Waals surface area contributed by atoms with Gasteiger partial charge in [0.15, 0.2) is 5.82 Å². The van der Waals surface area contributed by atoms with Crippen molar-refractivity contribution in [3.05, 3.63) is 30.1 Å². The molecule has 0 saturated carbocycles. The van der Waals surface area contributed by atoms with Gasteiger partial charge < -0.3 is 9.88 Å². The molecule has 88 valence electrons. The number of nitrogens with one attached hydrogen (secondary N) is 1. The van der Waals surface area contributed by atoms with E-state index in [2.05, 4.69) is 50.6 Å². The first-order valence-electron chi connectivity index (χ1n) is 5.66. The van der Waals surface area contributed by atoms with Crippen LogP contribution in [0.25, 0.3) is 11.4 Å². The lowest BCUT2D eigenvalue weighted by Gasteiger charge is -2.16. The molecule has 1 N–H and O–H groups in total. The summed E-state index contributed by atoms with van der Waals surface area (Å²) in [4.78, 5) is 1.27. The average molecular weight is 246 g/mol. The van der Waals surface area contributed by atoms with E-state index in [1.807, 2.05) is 0 Å². The molecule has 0 aliphatic carbocycles. The van der Waals surface area contributed by atoms with E-state index in [4.69, 9.17) is 0 Å². The summed E-state index contributed by atoms with van der Waals surface area (Å²) in [5.74, 6) is 2.01. The van der Waals surface area contributed by atoms with Crippen LogP contribution in [-0.4, -0.2) is 27.6 Å². The average Bonchev–Trinajstić information content (AvgIpc) is 2.83. The smallest absolute Gasteiger partial charge is 0.164 e. The Bertz CT molecular complexity index is 518. The van der Waals surface area contributed by atoms with E-state index in [0.717, 1.165) is 36.8 Å². The summed E-state index contributed by atoms with van der Waals surface area (Å²) in [5, 5.41) is 11.8. The van der Waals surface area contributed by atoms with Crippen molar-refractivity contribution >= 4 is 11.8 Å². The number of fused-ring (bicyclic) bond motifs is 1. The Kier molecular flexibility index (Phi) is 2.86. The molecule has 1 aliphatic rings. The Morgan fingerprint density at radius 3 is 2.82 bits per heavy atom. The third-order valence-corrected chi connectivity index (χ3v) is 3.71. The lowest BCUT2D eigenvalue weighted by Crippen LogP contribution is -2.28. The Morgan fingerprint density at radius 2 is 2.06 bits per heavy atom. The molecule has 0 bridgehead atoms. The van der Waals surface area contributed by atoms with E-state index < -0.39 is 0 Å². The van der Waals surface area contributed by atoms with Crippen molar-refractivity contribution in [3.63, 3.8) is 0 Å². The van der Waals surface area contributed by atoms with E-state index in [1.54, 1.807) is 11.8 Å². The summed E-state index contributed by atoms with van der Waals surface area (Å²) in [6.45, 7) is 2.75. The molecule has 2 heterocycles. The number of thioether (sulfide) groups is 1. The van der Waals surface area contributed by atoms with Gasteiger partial charge in [0, 0.05) is 23.5 Å². The number of benzene rings is 1. The van der Waals surface area contributed by atoms with Crippen LogP contribution in [0.1, 0.15) is 5.82 Å². The summed E-state index contributed by atoms with van der Waals surface area (Å²) in [6.07, 6.45) is 2.08. The quantitative estimate of drug-likeness (QED) is 0.820. The zero-order valence-corrected chi connectivity index (χ0v) is 10.5. The highest BCUT2D eigenvalue weighted by Gasteiger charge is 2.16. The third-order valence-electron chi connectivity index (χ3n) is 2.97. The molecule has 0 unspecified atom stereocenters. The standard InChI is InChI=1S/C12H14N4S/c1-17-10-4-2-9(3-5-10)12-15-14-11-8-13-6-7-16(11)12/h2-5,13H,6-8H2,1H3.